The van der Waals surface area contributed by atoms with E-state index in [1.54, 1.807) is 19.2 Å². The van der Waals surface area contributed by atoms with Crippen molar-refractivity contribution in [2.45, 2.75) is 43.0 Å². The molecule has 2 saturated heterocycles. The van der Waals surface area contributed by atoms with E-state index in [-0.39, 0.29) is 37.3 Å². The van der Waals surface area contributed by atoms with Gasteiger partial charge in [0.25, 0.3) is 0 Å². The minimum Gasteiger partial charge on any atom is -0.497 e. The van der Waals surface area contributed by atoms with Crippen LogP contribution in [0.25, 0.3) is 22.2 Å². The maximum Gasteiger partial charge on any atom is 0.330 e. The van der Waals surface area contributed by atoms with E-state index in [9.17, 15) is 27.9 Å². The number of pyridine rings is 1. The van der Waals surface area contributed by atoms with Crippen LogP contribution in [0.1, 0.15) is 19.3 Å². The number of benzene rings is 2. The Labute approximate surface area is 260 Å². The smallest absolute Gasteiger partial charge is 0.330 e. The van der Waals surface area contributed by atoms with Crippen LogP contribution in [-0.2, 0) is 19.4 Å². The van der Waals surface area contributed by atoms with Crippen LogP contribution in [0.5, 0.6) is 11.5 Å². The summed E-state index contributed by atoms with van der Waals surface area (Å²) in [6.45, 7) is 3.68. The molecule has 3 aromatic rings. The normalized spacial score (nSPS) is 26.6. The third-order valence-electron chi connectivity index (χ3n) is 8.76. The van der Waals surface area contributed by atoms with Gasteiger partial charge < -0.3 is 30.1 Å². The molecule has 1 saturated carbocycles. The van der Waals surface area contributed by atoms with Crippen molar-refractivity contribution in [1.29, 1.82) is 0 Å². The molecule has 2 unspecified atom stereocenters. The van der Waals surface area contributed by atoms with Gasteiger partial charge in [-0.1, -0.05) is 36.4 Å². The van der Waals surface area contributed by atoms with E-state index in [0.717, 1.165) is 5.56 Å². The summed E-state index contributed by atoms with van der Waals surface area (Å²) in [6.07, 6.45) is 1.40. The summed E-state index contributed by atoms with van der Waals surface area (Å²) in [5.41, 5.74) is 0.666. The number of aromatic nitrogens is 1. The third kappa shape index (κ3) is 6.04. The Morgan fingerprint density at radius 1 is 1.16 bits per heavy atom. The quantitative estimate of drug-likeness (QED) is 0.300. The molecule has 1 aliphatic carbocycles. The lowest BCUT2D eigenvalue weighted by molar-refractivity contribution is -0.144. The van der Waals surface area contributed by atoms with Gasteiger partial charge in [-0.3, -0.25) is 4.79 Å². The highest BCUT2D eigenvalue weighted by atomic mass is 32.2. The van der Waals surface area contributed by atoms with Crippen LogP contribution in [0.2, 0.25) is 0 Å². The van der Waals surface area contributed by atoms with Gasteiger partial charge in [-0.2, -0.15) is 0 Å². The van der Waals surface area contributed by atoms with E-state index in [1.165, 1.54) is 11.0 Å². The zero-order valence-corrected chi connectivity index (χ0v) is 25.5. The molecular weight excluding hydrogens is 600 g/mol. The summed E-state index contributed by atoms with van der Waals surface area (Å²) in [4.78, 5) is 45.3. The molecule has 3 aliphatic rings. The predicted octanol–water partition coefficient (Wildman–Crippen LogP) is 2.77. The number of urea groups is 1. The van der Waals surface area contributed by atoms with Crippen LogP contribution in [0, 0.1) is 5.92 Å². The number of nitrogens with one attached hydrogen (secondary N) is 2. The minimum absolute atomic E-state index is 0.00892. The highest BCUT2D eigenvalue weighted by Crippen LogP contribution is 2.45. The van der Waals surface area contributed by atoms with Crippen LogP contribution in [0.3, 0.4) is 0 Å². The van der Waals surface area contributed by atoms with Gasteiger partial charge in [0.2, 0.25) is 5.91 Å². The molecule has 13 heteroatoms. The molecule has 236 valence electrons. The van der Waals surface area contributed by atoms with Crippen molar-refractivity contribution >= 4 is 38.6 Å². The number of fused-ring (bicyclic) bond motifs is 1. The van der Waals surface area contributed by atoms with Gasteiger partial charge >= 0.3 is 12.0 Å². The lowest BCUT2D eigenvalue weighted by Crippen LogP contribution is -2.55. The number of rotatable bonds is 9. The topological polar surface area (TPSA) is 164 Å². The maximum absolute atomic E-state index is 13.6. The maximum atomic E-state index is 13.6. The third-order valence-corrected chi connectivity index (χ3v) is 10.5. The van der Waals surface area contributed by atoms with E-state index in [1.807, 2.05) is 42.5 Å². The highest BCUT2D eigenvalue weighted by molar-refractivity contribution is 7.91. The zero-order valence-electron chi connectivity index (χ0n) is 24.6. The number of carbonyl (C=O) groups is 3. The molecule has 3 N–H and O–H groups in total. The molecule has 3 heterocycles. The highest BCUT2D eigenvalue weighted by Gasteiger charge is 2.61. The monoisotopic (exact) mass is 634 g/mol. The molecule has 1 aromatic heterocycles. The molecule has 0 bridgehead atoms. The summed E-state index contributed by atoms with van der Waals surface area (Å²) in [6, 6.07) is 14.5. The van der Waals surface area contributed by atoms with E-state index >= 15 is 0 Å². The van der Waals surface area contributed by atoms with Crippen LogP contribution in [-0.4, -0.2) is 90.2 Å². The molecule has 3 fully saturated rings. The Bertz CT molecular complexity index is 1780. The van der Waals surface area contributed by atoms with Gasteiger partial charge in [0.05, 0.1) is 36.4 Å². The van der Waals surface area contributed by atoms with Crippen LogP contribution >= 0.6 is 0 Å². The van der Waals surface area contributed by atoms with Crippen molar-refractivity contribution in [3.05, 3.63) is 67.3 Å². The van der Waals surface area contributed by atoms with Crippen LogP contribution in [0.4, 0.5) is 4.79 Å². The Morgan fingerprint density at radius 3 is 2.58 bits per heavy atom. The number of nitrogens with zero attached hydrogens (tertiary/aromatic N) is 2. The molecule has 0 spiro atoms. The summed E-state index contributed by atoms with van der Waals surface area (Å²) in [5.74, 6) is -1.34. The van der Waals surface area contributed by atoms with E-state index < -0.39 is 57.4 Å². The standard InChI is InChI=1S/C32H34N4O8S/c1-3-20-16-32(20,30(38)39)35-29(37)27-14-23(17-36(27)31(40)33-21-11-12-45(41,42)18-21)44-28-15-25(19-7-5-4-6-8-19)34-26-13-22(43-2)9-10-24(26)28/h3-10,13,15,20-21,23,27H,1,11-12,14,16-18H2,2H3,(H,33,40)(H,35,37)(H,38,39)/t20?,21?,23-,27+,32-/m1/s1. The molecule has 3 amide bonds. The fraction of sp³-hybridized carbons (Fsp3) is 0.375. The lowest BCUT2D eigenvalue weighted by Gasteiger charge is -2.26. The molecule has 12 nitrogen and oxygen atoms in total. The second-order valence-corrected chi connectivity index (χ2v) is 14.0. The van der Waals surface area contributed by atoms with Gasteiger partial charge in [-0.15, -0.1) is 6.58 Å². The van der Waals surface area contributed by atoms with Crippen LogP contribution < -0.4 is 20.1 Å². The average molecular weight is 635 g/mol. The summed E-state index contributed by atoms with van der Waals surface area (Å²) >= 11 is 0. The zero-order chi connectivity index (χ0) is 31.9. The van der Waals surface area contributed by atoms with E-state index in [0.29, 0.717) is 28.1 Å². The first kappa shape index (κ1) is 30.4. The first-order valence-electron chi connectivity index (χ1n) is 14.7. The average Bonchev–Trinajstić information content (AvgIpc) is 3.40. The SMILES string of the molecule is C=CC1C[C@]1(NC(=O)[C@@H]1C[C@@H](Oc2cc(-c3ccccc3)nc3cc(OC)ccc23)CN1C(=O)NC1CCS(=O)(=O)C1)C(=O)O. The van der Waals surface area contributed by atoms with Crippen molar-refractivity contribution in [3.8, 4) is 22.8 Å². The molecule has 2 aliphatic heterocycles. The van der Waals surface area contributed by atoms with Gasteiger partial charge in [0, 0.05) is 41.5 Å². The molecule has 2 aromatic carbocycles. The Hall–Kier alpha value is -4.65. The second-order valence-electron chi connectivity index (χ2n) is 11.8. The number of aliphatic carboxylic acids is 1. The summed E-state index contributed by atoms with van der Waals surface area (Å²) in [7, 11) is -1.69. The molecule has 0 radical (unpaired) electrons. The van der Waals surface area contributed by atoms with E-state index in [2.05, 4.69) is 17.2 Å². The number of amides is 3. The van der Waals surface area contributed by atoms with Gasteiger partial charge in [0.15, 0.2) is 9.84 Å². The largest absolute Gasteiger partial charge is 0.497 e. The first-order chi connectivity index (χ1) is 21.5. The number of ether oxygens (including phenoxy) is 2. The van der Waals surface area contributed by atoms with Crippen molar-refractivity contribution in [1.82, 2.24) is 20.5 Å². The van der Waals surface area contributed by atoms with Gasteiger partial charge in [-0.05, 0) is 25.0 Å². The van der Waals surface area contributed by atoms with Crippen molar-refractivity contribution in [3.63, 3.8) is 0 Å². The second kappa shape index (κ2) is 11.7. The Kier molecular flexibility index (Phi) is 7.89. The van der Waals surface area contributed by atoms with E-state index in [4.69, 9.17) is 14.5 Å². The van der Waals surface area contributed by atoms with Crippen molar-refractivity contribution in [2.24, 2.45) is 5.92 Å². The number of methoxy groups -OCH3 is 1. The predicted molar refractivity (Wildman–Crippen MR) is 166 cm³/mol. The first-order valence-corrected chi connectivity index (χ1v) is 16.5. The van der Waals surface area contributed by atoms with Crippen molar-refractivity contribution < 1.29 is 37.4 Å². The number of hydrogen-bond donors (Lipinski definition) is 3. The Balaban J connectivity index is 1.30. The fourth-order valence-electron chi connectivity index (χ4n) is 6.18. The number of sulfone groups is 1. The number of carbonyl (C=O) groups excluding carboxylic acids is 2. The molecule has 5 atom stereocenters. The summed E-state index contributed by atoms with van der Waals surface area (Å²) < 4.78 is 35.9. The molecular formula is C32H34N4O8S. The number of likely N-dealkylation sites (tertiary alicyclic amines) is 1. The minimum atomic E-state index is -3.26. The van der Waals surface area contributed by atoms with Gasteiger partial charge in [0.1, 0.15) is 29.2 Å². The number of carboxylic acids is 1. The number of hydrogen-bond acceptors (Lipinski definition) is 8. The van der Waals surface area contributed by atoms with Crippen molar-refractivity contribution in [2.75, 3.05) is 25.2 Å². The number of carboxylic acid groups (broad SMARTS) is 1. The van der Waals surface area contributed by atoms with Crippen LogP contribution in [0.15, 0.2) is 67.3 Å². The fourth-order valence-corrected chi connectivity index (χ4v) is 7.85. The Morgan fingerprint density at radius 2 is 1.93 bits per heavy atom. The summed E-state index contributed by atoms with van der Waals surface area (Å²) in [5, 5.41) is 16.0. The van der Waals surface area contributed by atoms with Gasteiger partial charge in [-0.25, -0.2) is 23.0 Å². The molecule has 45 heavy (non-hydrogen) atoms. The molecule has 6 rings (SSSR count). The lowest BCUT2D eigenvalue weighted by atomic mass is 10.1.